The Bertz CT molecular complexity index is 7150. The SMILES string of the molecule is CN1C(=O)[C@@H](NC(=O)c2cc(Cc3ccccc3)n(C)n2)COc2ccc(C#Cc3cccnc3)cc21.CN1C(=O)[C@@H](NC(=O)c2cn(Cc3ccccc3)nn2)COc2ccc(C#Cc3cccnc3)cc21.CN1C(=O)[C@@H](NC(=O)c2cnn(Cc3ccccc3)c2)COc2ccc(C#Cc3cccnc3)cc21.CN1C(=O)[C@@H](NC(=O)c2ncc(Cc3ccccc3)o2)COc2ccc(C#Cc3cccnc3)cc21. The van der Waals surface area contributed by atoms with Gasteiger partial charge in [0.25, 0.3) is 47.2 Å². The van der Waals surface area contributed by atoms with Gasteiger partial charge in [0.2, 0.25) is 0 Å². The number of benzene rings is 8. The molecule has 0 aliphatic carbocycles. The molecule has 8 aromatic carbocycles. The number of rotatable bonds is 16. The van der Waals surface area contributed by atoms with Gasteiger partial charge in [-0.1, -0.05) is 174 Å². The molecule has 718 valence electrons. The summed E-state index contributed by atoms with van der Waals surface area (Å²) in [5.74, 6) is 24.0. The third-order valence-electron chi connectivity index (χ3n) is 23.1. The number of nitrogens with one attached hydrogen (secondary N) is 4. The summed E-state index contributed by atoms with van der Waals surface area (Å²) in [6.07, 6.45) is 20.9. The van der Waals surface area contributed by atoms with Gasteiger partial charge in [0.15, 0.2) is 5.69 Å². The van der Waals surface area contributed by atoms with Crippen molar-refractivity contribution in [3.8, 4) is 70.4 Å². The molecule has 8 amide bonds. The first-order valence-electron chi connectivity index (χ1n) is 45.8. The van der Waals surface area contributed by atoms with E-state index in [2.05, 4.69) is 114 Å². The first kappa shape index (κ1) is 97.0. The molecule has 0 saturated heterocycles. The van der Waals surface area contributed by atoms with Gasteiger partial charge in [-0.25, -0.2) is 9.67 Å². The molecular formula is C112H92N20O13. The van der Waals surface area contributed by atoms with Crippen molar-refractivity contribution in [2.45, 2.75) is 50.1 Å². The lowest BCUT2D eigenvalue weighted by atomic mass is 10.1. The summed E-state index contributed by atoms with van der Waals surface area (Å²) in [5.41, 5.74) is 14.3. The van der Waals surface area contributed by atoms with Crippen LogP contribution in [0.2, 0.25) is 0 Å². The third-order valence-corrected chi connectivity index (χ3v) is 23.1. The maximum atomic E-state index is 13.2. The number of likely N-dealkylation sites (N-methyl/N-ethyl adjacent to an activating group) is 4. The number of ether oxygens (including phenoxy) is 4. The van der Waals surface area contributed by atoms with Crippen LogP contribution in [0.4, 0.5) is 22.7 Å². The van der Waals surface area contributed by atoms with Crippen LogP contribution in [0.3, 0.4) is 0 Å². The third kappa shape index (κ3) is 25.3. The van der Waals surface area contributed by atoms with Crippen molar-refractivity contribution in [2.75, 3.05) is 74.2 Å². The van der Waals surface area contributed by atoms with Gasteiger partial charge in [-0.15, -0.1) is 5.10 Å². The minimum atomic E-state index is -0.913. The maximum absolute atomic E-state index is 13.2. The molecule has 0 spiro atoms. The summed E-state index contributed by atoms with van der Waals surface area (Å²) < 4.78 is 34.1. The molecule has 4 atom stereocenters. The van der Waals surface area contributed by atoms with Crippen molar-refractivity contribution < 1.29 is 61.7 Å². The number of aryl methyl sites for hydroxylation is 1. The van der Waals surface area contributed by atoms with Crippen LogP contribution in [0.5, 0.6) is 23.0 Å². The number of pyridine rings is 4. The van der Waals surface area contributed by atoms with E-state index >= 15 is 0 Å². The van der Waals surface area contributed by atoms with Crippen molar-refractivity contribution in [1.82, 2.24) is 80.7 Å². The number of hydrogen-bond acceptors (Lipinski definition) is 22. The van der Waals surface area contributed by atoms with Crippen LogP contribution >= 0.6 is 0 Å². The van der Waals surface area contributed by atoms with E-state index in [4.69, 9.17) is 23.4 Å². The molecule has 20 rings (SSSR count). The predicted octanol–water partition coefficient (Wildman–Crippen LogP) is 11.3. The summed E-state index contributed by atoms with van der Waals surface area (Å²) in [6, 6.07) is 73.8. The fourth-order valence-electron chi connectivity index (χ4n) is 15.4. The first-order valence-corrected chi connectivity index (χ1v) is 45.8. The van der Waals surface area contributed by atoms with E-state index in [0.717, 1.165) is 66.9 Å². The zero-order chi connectivity index (χ0) is 100. The maximum Gasteiger partial charge on any atom is 0.307 e. The Morgan fingerprint density at radius 1 is 0.345 bits per heavy atom. The molecule has 4 aliphatic heterocycles. The van der Waals surface area contributed by atoms with E-state index in [1.165, 1.54) is 32.0 Å². The number of carbonyl (C=O) groups is 8. The predicted molar refractivity (Wildman–Crippen MR) is 539 cm³/mol. The van der Waals surface area contributed by atoms with Gasteiger partial charge < -0.3 is 64.2 Å². The number of oxazole rings is 1. The van der Waals surface area contributed by atoms with Crippen LogP contribution in [0.25, 0.3) is 0 Å². The average molecular weight is 1930 g/mol. The fourth-order valence-corrected chi connectivity index (χ4v) is 15.4. The molecule has 8 aromatic heterocycles. The number of fused-ring (bicyclic) bond motifs is 4. The monoisotopic (exact) mass is 1920 g/mol. The smallest absolute Gasteiger partial charge is 0.307 e. The minimum Gasteiger partial charge on any atom is -0.489 e. The van der Waals surface area contributed by atoms with Gasteiger partial charge in [-0.3, -0.25) is 67.7 Å². The number of anilines is 4. The molecule has 12 heterocycles. The van der Waals surface area contributed by atoms with Gasteiger partial charge in [0, 0.05) is 154 Å². The van der Waals surface area contributed by atoms with E-state index in [1.54, 1.807) is 166 Å². The Balaban J connectivity index is 0.000000132. The molecule has 145 heavy (non-hydrogen) atoms. The van der Waals surface area contributed by atoms with Gasteiger partial charge in [0.05, 0.1) is 60.0 Å². The van der Waals surface area contributed by atoms with Crippen molar-refractivity contribution in [2.24, 2.45) is 7.05 Å². The minimum absolute atomic E-state index is 0.00628. The van der Waals surface area contributed by atoms with Gasteiger partial charge >= 0.3 is 5.91 Å². The average Bonchev–Trinajstić information content (AvgIpc) is 1.69. The molecule has 0 fully saturated rings. The lowest BCUT2D eigenvalue weighted by Gasteiger charge is -2.20. The number of nitrogens with zero attached hydrogens (tertiary/aromatic N) is 16. The Hall–Kier alpha value is -19.7. The fraction of sp³-hybridized carbons (Fsp3) is 0.152. The van der Waals surface area contributed by atoms with E-state index in [9.17, 15) is 38.4 Å². The first-order chi connectivity index (χ1) is 70.7. The van der Waals surface area contributed by atoms with E-state index in [0.29, 0.717) is 88.6 Å². The molecule has 4 aliphatic rings. The van der Waals surface area contributed by atoms with Crippen molar-refractivity contribution in [1.29, 1.82) is 0 Å². The molecule has 33 nitrogen and oxygen atoms in total. The highest BCUT2D eigenvalue weighted by atomic mass is 16.5. The highest BCUT2D eigenvalue weighted by molar-refractivity contribution is 6.06. The zero-order valence-corrected chi connectivity index (χ0v) is 79.0. The molecule has 0 unspecified atom stereocenters. The Morgan fingerprint density at radius 2 is 0.690 bits per heavy atom. The van der Waals surface area contributed by atoms with Crippen molar-refractivity contribution in [3.05, 3.63) is 424 Å². The van der Waals surface area contributed by atoms with Gasteiger partial charge in [0.1, 0.15) is 85.0 Å². The van der Waals surface area contributed by atoms with E-state index in [-0.39, 0.29) is 67.3 Å². The second-order valence-electron chi connectivity index (χ2n) is 33.4. The molecule has 0 bridgehead atoms. The summed E-state index contributed by atoms with van der Waals surface area (Å²) >= 11 is 0. The topological polar surface area (TPSA) is 378 Å². The molecular weight excluding hydrogens is 1830 g/mol. The molecule has 4 N–H and O–H groups in total. The Labute approximate surface area is 833 Å². The second kappa shape index (κ2) is 46.2. The summed E-state index contributed by atoms with van der Waals surface area (Å²) in [5, 5.41) is 27.6. The van der Waals surface area contributed by atoms with Crippen LogP contribution < -0.4 is 59.8 Å². The van der Waals surface area contributed by atoms with Crippen molar-refractivity contribution in [3.63, 3.8) is 0 Å². The number of amides is 8. The Kier molecular flexibility index (Phi) is 30.9. The van der Waals surface area contributed by atoms with Crippen LogP contribution in [-0.4, -0.2) is 186 Å². The van der Waals surface area contributed by atoms with Crippen LogP contribution in [0, 0.1) is 47.4 Å². The summed E-state index contributed by atoms with van der Waals surface area (Å²) in [4.78, 5) is 130. The second-order valence-corrected chi connectivity index (χ2v) is 33.4. The highest BCUT2D eigenvalue weighted by Crippen LogP contribution is 2.37. The van der Waals surface area contributed by atoms with Crippen molar-refractivity contribution >= 4 is 70.0 Å². The molecule has 0 saturated carbocycles. The largest absolute Gasteiger partial charge is 0.489 e. The van der Waals surface area contributed by atoms with E-state index in [1.807, 2.05) is 194 Å². The molecule has 33 heteroatoms. The van der Waals surface area contributed by atoms with Crippen LogP contribution in [0.15, 0.2) is 328 Å². The summed E-state index contributed by atoms with van der Waals surface area (Å²) in [6.45, 7) is 1.01. The lowest BCUT2D eigenvalue weighted by molar-refractivity contribution is -0.121. The number of aromatic nitrogens is 12. The normalized spacial score (nSPS) is 14.6. The standard InChI is InChI=1S/C29H25N5O3.C28H23N5O3.C28H22N4O4.C27H22N6O3/c1-33-26-16-21(10-11-22-9-6-14-30-18-22)12-13-27(26)37-19-25(29(33)36)31-28(35)24-17-23(34(2)32-24)15-20-7-4-3-5-8-20;1-32-25-14-20(9-10-21-8-5-13-29-15-21)11-12-26(25)36-19-24(28(32)35)31-27(34)23-16-30-33(18-23)17-22-6-3-2-4-7-22;1-32-24-15-20(9-10-21-8-5-13-29-16-21)11-12-25(24)35-18-23(28(32)34)31-26(33)27-30-17-22(36-27)14-19-6-3-2-4-7-19;1-32-24-14-19(9-10-20-8-5-13-28-15-20)11-12-25(24)36-18-23(27(32)35)29-26(34)22-17-33(31-30-22)16-21-6-3-2-4-7-21/h3-9,12-14,16-18,25H,15,19H2,1-2H3,(H,31,35);2-8,11-16,18,24H,17,19H2,1H3,(H,31,34);2-8,11-13,15-17,23H,14,18H2,1H3,(H,31,33);2-8,11-15,17,23H,16,18H2,1H3,(H,29,34)/t25-;24-;2*23-/m0000/s1. The zero-order valence-electron chi connectivity index (χ0n) is 79.0. The van der Waals surface area contributed by atoms with E-state index < -0.39 is 47.8 Å². The van der Waals surface area contributed by atoms with Gasteiger partial charge in [-0.05, 0) is 150 Å². The Morgan fingerprint density at radius 3 is 1.07 bits per heavy atom. The molecule has 16 aromatic rings. The quantitative estimate of drug-likeness (QED) is 0.0653. The number of hydrogen-bond donors (Lipinski definition) is 4. The van der Waals surface area contributed by atoms with Gasteiger partial charge in [-0.2, -0.15) is 10.2 Å². The summed E-state index contributed by atoms with van der Waals surface area (Å²) in [7, 11) is 8.39. The molecule has 0 radical (unpaired) electrons. The van der Waals surface area contributed by atoms with Crippen LogP contribution in [-0.2, 0) is 52.2 Å². The van der Waals surface area contributed by atoms with Crippen LogP contribution in [0.1, 0.15) is 120 Å². The number of carbonyl (C=O) groups excluding carboxylic acids is 8. The highest BCUT2D eigenvalue weighted by Gasteiger charge is 2.37. The lowest BCUT2D eigenvalue weighted by Crippen LogP contribution is -2.49.